The van der Waals surface area contributed by atoms with Crippen LogP contribution < -0.4 is 14.4 Å². The fraction of sp³-hybridized carbons (Fsp3) is 0.778. The maximum absolute atomic E-state index is 12.9. The van der Waals surface area contributed by atoms with Gasteiger partial charge in [-0.25, -0.2) is 0 Å². The first kappa shape index (κ1) is 39.5. The maximum atomic E-state index is 12.9. The molecule has 1 atom stereocenters. The van der Waals surface area contributed by atoms with Gasteiger partial charge in [0.25, 0.3) is 0 Å². The summed E-state index contributed by atoms with van der Waals surface area (Å²) in [7, 11) is 0. The first-order valence-electron chi connectivity index (χ1n) is 17.6. The lowest BCUT2D eigenvalue weighted by atomic mass is 10.1. The number of esters is 1. The Morgan fingerprint density at radius 1 is 0.659 bits per heavy atom. The lowest BCUT2D eigenvalue weighted by molar-refractivity contribution is -0.155. The fourth-order valence-corrected chi connectivity index (χ4v) is 5.36. The van der Waals surface area contributed by atoms with E-state index in [1.54, 1.807) is 12.1 Å². The van der Waals surface area contributed by atoms with Crippen molar-refractivity contribution in [2.75, 3.05) is 44.3 Å². The third kappa shape index (κ3) is 19.0. The van der Waals surface area contributed by atoms with Gasteiger partial charge in [-0.05, 0) is 32.9 Å². The molecule has 1 aromatic carbocycles. The first-order valence-corrected chi connectivity index (χ1v) is 17.6. The molecule has 0 aliphatic heterocycles. The average Bonchev–Trinajstić information content (AvgIpc) is 2.99. The predicted octanol–water partition coefficient (Wildman–Crippen LogP) is 8.85. The number of carboxylic acids is 1. The van der Waals surface area contributed by atoms with Crippen molar-refractivity contribution in [2.24, 2.45) is 0 Å². The van der Waals surface area contributed by atoms with Gasteiger partial charge in [0, 0.05) is 23.9 Å². The minimum absolute atomic E-state index is 0.184. The van der Waals surface area contributed by atoms with Crippen LogP contribution in [0.1, 0.15) is 137 Å². The van der Waals surface area contributed by atoms with Crippen molar-refractivity contribution >= 4 is 17.6 Å². The Bertz CT molecular complexity index is 836. The number of aliphatic carboxylic acids is 1. The second-order valence-electron chi connectivity index (χ2n) is 11.9. The molecule has 0 saturated carbocycles. The molecular weight excluding hydrogens is 556 g/mol. The van der Waals surface area contributed by atoms with Gasteiger partial charge < -0.3 is 24.2 Å². The van der Waals surface area contributed by atoms with E-state index >= 15 is 0 Å². The van der Waals surface area contributed by atoms with E-state index < -0.39 is 18.2 Å². The van der Waals surface area contributed by atoms with Crippen LogP contribution in [0.3, 0.4) is 0 Å². The molecule has 1 aromatic rings. The molecule has 0 spiro atoms. The van der Waals surface area contributed by atoms with Gasteiger partial charge in [-0.1, -0.05) is 118 Å². The van der Waals surface area contributed by atoms with Gasteiger partial charge in [-0.15, -0.1) is 0 Å². The van der Waals surface area contributed by atoms with Gasteiger partial charge in [0.05, 0.1) is 13.2 Å². The van der Waals surface area contributed by atoms with Gasteiger partial charge in [0.2, 0.25) is 0 Å². The topological polar surface area (TPSA) is 88.5 Å². The van der Waals surface area contributed by atoms with E-state index in [1.807, 2.05) is 31.7 Å². The van der Waals surface area contributed by atoms with E-state index in [0.29, 0.717) is 30.4 Å². The van der Waals surface area contributed by atoms with E-state index in [4.69, 9.17) is 14.2 Å². The molecule has 0 bridgehead atoms. The lowest BCUT2D eigenvalue weighted by Gasteiger charge is -2.28. The number of nitrogens with zero attached hydrogens (tertiary/aromatic N) is 2. The summed E-state index contributed by atoms with van der Waals surface area (Å²) in [6.45, 7) is 12.5. The lowest BCUT2D eigenvalue weighted by Crippen LogP contribution is -2.40. The zero-order valence-electron chi connectivity index (χ0n) is 28.7. The normalized spacial score (nSPS) is 11.9. The second-order valence-corrected chi connectivity index (χ2v) is 11.9. The van der Waals surface area contributed by atoms with Crippen molar-refractivity contribution in [1.82, 2.24) is 4.90 Å². The van der Waals surface area contributed by atoms with Crippen LogP contribution in [0.2, 0.25) is 0 Å². The molecule has 44 heavy (non-hydrogen) atoms. The highest BCUT2D eigenvalue weighted by Gasteiger charge is 2.21. The Morgan fingerprint density at radius 3 is 1.50 bits per heavy atom. The Kier molecular flexibility index (Phi) is 23.2. The third-order valence-electron chi connectivity index (χ3n) is 8.04. The van der Waals surface area contributed by atoms with Crippen LogP contribution >= 0.6 is 0 Å². The Hall–Kier alpha value is -2.48. The molecule has 0 saturated heterocycles. The van der Waals surface area contributed by atoms with Crippen LogP contribution in [0.4, 0.5) is 5.69 Å². The van der Waals surface area contributed by atoms with Crippen LogP contribution in [0.25, 0.3) is 0 Å². The van der Waals surface area contributed by atoms with Gasteiger partial charge in [0.15, 0.2) is 6.23 Å². The molecule has 0 radical (unpaired) electrons. The van der Waals surface area contributed by atoms with Crippen molar-refractivity contribution in [3.05, 3.63) is 18.2 Å². The standard InChI is InChI=1S/C36H64N2O6/c1-6-10-12-14-16-18-20-22-24-42-33-26-32(27-34(28-33)43-25-23-21-19-17-15-13-11-7-2)38(29-35(39)40)30-36(41)44-31(5)37(8-3)9-4/h26-28,31H,6-25,29-30H2,1-5H3,(H,39,40). The van der Waals surface area contributed by atoms with E-state index in [9.17, 15) is 14.7 Å². The quantitative estimate of drug-likeness (QED) is 0.0540. The number of benzene rings is 1. The largest absolute Gasteiger partial charge is 0.493 e. The van der Waals surface area contributed by atoms with Crippen LogP contribution in [0.5, 0.6) is 11.5 Å². The molecule has 8 nitrogen and oxygen atoms in total. The van der Waals surface area contributed by atoms with E-state index in [1.165, 1.54) is 81.9 Å². The van der Waals surface area contributed by atoms with Crippen molar-refractivity contribution in [3.63, 3.8) is 0 Å². The number of carboxylic acid groups (broad SMARTS) is 1. The number of ether oxygens (including phenoxy) is 3. The van der Waals surface area contributed by atoms with Crippen LogP contribution in [-0.4, -0.2) is 67.6 Å². The number of hydrogen-bond acceptors (Lipinski definition) is 7. The highest BCUT2D eigenvalue weighted by atomic mass is 16.6. The smallest absolute Gasteiger partial charge is 0.327 e. The van der Waals surface area contributed by atoms with Crippen molar-refractivity contribution in [2.45, 2.75) is 144 Å². The first-order chi connectivity index (χ1) is 21.3. The molecule has 8 heteroatoms. The molecule has 1 N–H and O–H groups in total. The van der Waals surface area contributed by atoms with Gasteiger partial charge in [0.1, 0.15) is 24.6 Å². The number of anilines is 1. The summed E-state index contributed by atoms with van der Waals surface area (Å²) >= 11 is 0. The SMILES string of the molecule is CCCCCCCCCCOc1cc(OCCCCCCCCCC)cc(N(CC(=O)O)CC(=O)OC(C)N(CC)CC)c1. The van der Waals surface area contributed by atoms with Crippen molar-refractivity contribution < 1.29 is 28.9 Å². The number of unbranched alkanes of at least 4 members (excludes halogenated alkanes) is 14. The highest BCUT2D eigenvalue weighted by Crippen LogP contribution is 2.30. The van der Waals surface area contributed by atoms with Crippen LogP contribution in [0.15, 0.2) is 18.2 Å². The summed E-state index contributed by atoms with van der Waals surface area (Å²) in [5, 5.41) is 9.66. The maximum Gasteiger partial charge on any atom is 0.327 e. The Morgan fingerprint density at radius 2 is 1.09 bits per heavy atom. The minimum Gasteiger partial charge on any atom is -0.493 e. The molecule has 0 amide bonds. The van der Waals surface area contributed by atoms with Crippen LogP contribution in [-0.2, 0) is 14.3 Å². The summed E-state index contributed by atoms with van der Waals surface area (Å²) in [6.07, 6.45) is 19.1. The minimum atomic E-state index is -1.03. The van der Waals surface area contributed by atoms with Gasteiger partial charge in [-0.3, -0.25) is 14.5 Å². The number of hydrogen-bond donors (Lipinski definition) is 1. The van der Waals surface area contributed by atoms with Gasteiger partial charge >= 0.3 is 11.9 Å². The average molecular weight is 621 g/mol. The molecule has 1 rings (SSSR count). The zero-order valence-corrected chi connectivity index (χ0v) is 28.7. The summed E-state index contributed by atoms with van der Waals surface area (Å²) < 4.78 is 17.9. The highest BCUT2D eigenvalue weighted by molar-refractivity contribution is 5.81. The van der Waals surface area contributed by atoms with Gasteiger partial charge in [-0.2, -0.15) is 0 Å². The molecule has 0 aromatic heterocycles. The summed E-state index contributed by atoms with van der Waals surface area (Å²) in [5.74, 6) is -0.258. The van der Waals surface area contributed by atoms with E-state index in [0.717, 1.165) is 38.8 Å². The molecule has 1 unspecified atom stereocenters. The fourth-order valence-electron chi connectivity index (χ4n) is 5.36. The zero-order chi connectivity index (χ0) is 32.4. The summed E-state index contributed by atoms with van der Waals surface area (Å²) in [4.78, 5) is 28.2. The Labute approximate surface area is 268 Å². The predicted molar refractivity (Wildman–Crippen MR) is 181 cm³/mol. The molecule has 254 valence electrons. The second kappa shape index (κ2) is 25.8. The summed E-state index contributed by atoms with van der Waals surface area (Å²) in [6, 6.07) is 5.48. The molecule has 0 aliphatic carbocycles. The van der Waals surface area contributed by atoms with Crippen molar-refractivity contribution in [1.29, 1.82) is 0 Å². The van der Waals surface area contributed by atoms with E-state index in [-0.39, 0.29) is 13.1 Å². The number of rotatable bonds is 29. The Balaban J connectivity index is 2.87. The number of carbonyl (C=O) groups is 2. The molecule has 0 aliphatic rings. The number of carbonyl (C=O) groups excluding carboxylic acids is 1. The monoisotopic (exact) mass is 620 g/mol. The van der Waals surface area contributed by atoms with E-state index in [2.05, 4.69) is 13.8 Å². The van der Waals surface area contributed by atoms with Crippen molar-refractivity contribution in [3.8, 4) is 11.5 Å². The van der Waals surface area contributed by atoms with Crippen LogP contribution in [0, 0.1) is 0 Å². The molecular formula is C36H64N2O6. The third-order valence-corrected chi connectivity index (χ3v) is 8.04. The summed E-state index contributed by atoms with van der Waals surface area (Å²) in [5.41, 5.74) is 0.569. The molecule has 0 heterocycles. The molecule has 0 fully saturated rings.